The Morgan fingerprint density at radius 3 is 2.59 bits per heavy atom. The number of anilines is 1. The van der Waals surface area contributed by atoms with Crippen LogP contribution in [0, 0.1) is 5.92 Å². The summed E-state index contributed by atoms with van der Waals surface area (Å²) in [7, 11) is 3.61. The van der Waals surface area contributed by atoms with Gasteiger partial charge in [-0.3, -0.25) is 4.90 Å². The van der Waals surface area contributed by atoms with Gasteiger partial charge in [0.1, 0.15) is 0 Å². The normalized spacial score (nSPS) is 23.3. The van der Waals surface area contributed by atoms with Crippen molar-refractivity contribution in [2.24, 2.45) is 5.92 Å². The van der Waals surface area contributed by atoms with Crippen molar-refractivity contribution in [3.05, 3.63) is 29.6 Å². The van der Waals surface area contributed by atoms with Crippen molar-refractivity contribution in [2.45, 2.75) is 38.1 Å². The van der Waals surface area contributed by atoms with E-state index >= 15 is 0 Å². The van der Waals surface area contributed by atoms with E-state index in [2.05, 4.69) is 44.8 Å². The Kier molecular flexibility index (Phi) is 6.60. The highest BCUT2D eigenvalue weighted by atomic mass is 32.1. The molecule has 1 aromatic carbocycles. The Hall–Kier alpha value is -1.79. The van der Waals surface area contributed by atoms with Gasteiger partial charge >= 0.3 is 6.03 Å². The van der Waals surface area contributed by atoms with Crippen LogP contribution in [0.1, 0.15) is 32.1 Å². The summed E-state index contributed by atoms with van der Waals surface area (Å²) in [6.45, 7) is 5.79. The number of hydrogen-bond acceptors (Lipinski definition) is 4. The standard InChI is InChI=1S/C23H34N4OS/c1-25(2)23(28)24-19-8-6-18(7-9-19)10-12-26-13-15-27(16-14-26)21-4-3-5-22-20(21)11-17-29-22/h3-5,11,17-19H,6-10,12-16H2,1-2H3,(H,24,28). The fourth-order valence-electron chi connectivity index (χ4n) is 4.73. The maximum atomic E-state index is 11.8. The number of carbonyl (C=O) groups excluding carboxylic acids is 1. The molecule has 2 fully saturated rings. The monoisotopic (exact) mass is 414 g/mol. The summed E-state index contributed by atoms with van der Waals surface area (Å²) >= 11 is 1.83. The van der Waals surface area contributed by atoms with E-state index in [0.29, 0.717) is 6.04 Å². The topological polar surface area (TPSA) is 38.8 Å². The maximum absolute atomic E-state index is 11.8. The Balaban J connectivity index is 1.18. The van der Waals surface area contributed by atoms with Gasteiger partial charge in [0.25, 0.3) is 0 Å². The van der Waals surface area contributed by atoms with Crippen molar-refractivity contribution in [1.82, 2.24) is 15.1 Å². The van der Waals surface area contributed by atoms with Gasteiger partial charge in [0.05, 0.1) is 0 Å². The van der Waals surface area contributed by atoms with E-state index in [1.807, 2.05) is 25.4 Å². The fraction of sp³-hybridized carbons (Fsp3) is 0.609. The fourth-order valence-corrected chi connectivity index (χ4v) is 5.54. The van der Waals surface area contributed by atoms with Crippen LogP contribution in [0.2, 0.25) is 0 Å². The molecule has 2 heterocycles. The second kappa shape index (κ2) is 9.35. The first-order valence-corrected chi connectivity index (χ1v) is 11.9. The minimum atomic E-state index is 0.0458. The number of rotatable bonds is 5. The average molecular weight is 415 g/mol. The lowest BCUT2D eigenvalue weighted by Gasteiger charge is -2.37. The van der Waals surface area contributed by atoms with E-state index in [1.54, 1.807) is 4.90 Å². The number of urea groups is 1. The third-order valence-corrected chi connectivity index (χ3v) is 7.50. The Morgan fingerprint density at radius 2 is 1.86 bits per heavy atom. The van der Waals surface area contributed by atoms with Gasteiger partial charge in [-0.05, 0) is 68.1 Å². The maximum Gasteiger partial charge on any atom is 0.317 e. The predicted octanol–water partition coefficient (Wildman–Crippen LogP) is 4.24. The van der Waals surface area contributed by atoms with Crippen molar-refractivity contribution in [3.8, 4) is 0 Å². The first-order chi connectivity index (χ1) is 14.1. The molecular formula is C23H34N4OS. The summed E-state index contributed by atoms with van der Waals surface area (Å²) in [6, 6.07) is 9.36. The molecule has 0 radical (unpaired) electrons. The number of nitrogens with one attached hydrogen (secondary N) is 1. The molecule has 158 valence electrons. The SMILES string of the molecule is CN(C)C(=O)NC1CCC(CCN2CCN(c3cccc4sccc34)CC2)CC1. The van der Waals surface area contributed by atoms with E-state index in [0.717, 1.165) is 44.9 Å². The molecule has 1 aliphatic heterocycles. The highest BCUT2D eigenvalue weighted by Crippen LogP contribution is 2.31. The number of piperazine rings is 1. The largest absolute Gasteiger partial charge is 0.368 e. The summed E-state index contributed by atoms with van der Waals surface area (Å²) in [4.78, 5) is 18.6. The summed E-state index contributed by atoms with van der Waals surface area (Å²) in [5.41, 5.74) is 1.40. The van der Waals surface area contributed by atoms with Crippen LogP contribution in [0.3, 0.4) is 0 Å². The van der Waals surface area contributed by atoms with Gasteiger partial charge in [-0.25, -0.2) is 4.79 Å². The van der Waals surface area contributed by atoms with E-state index in [1.165, 1.54) is 41.6 Å². The number of hydrogen-bond donors (Lipinski definition) is 1. The second-order valence-corrected chi connectivity index (χ2v) is 9.74. The Labute approximate surface area is 178 Å². The smallest absolute Gasteiger partial charge is 0.317 e. The van der Waals surface area contributed by atoms with Gasteiger partial charge in [0, 0.05) is 62.1 Å². The van der Waals surface area contributed by atoms with Gasteiger partial charge in [0.2, 0.25) is 0 Å². The first kappa shape index (κ1) is 20.5. The van der Waals surface area contributed by atoms with Crippen molar-refractivity contribution < 1.29 is 4.79 Å². The van der Waals surface area contributed by atoms with Gasteiger partial charge in [0.15, 0.2) is 0 Å². The van der Waals surface area contributed by atoms with Crippen molar-refractivity contribution in [3.63, 3.8) is 0 Å². The molecule has 5 nitrogen and oxygen atoms in total. The van der Waals surface area contributed by atoms with Gasteiger partial charge in [-0.15, -0.1) is 11.3 Å². The van der Waals surface area contributed by atoms with Crippen LogP contribution in [0.5, 0.6) is 0 Å². The van der Waals surface area contributed by atoms with E-state index in [4.69, 9.17) is 0 Å². The molecular weight excluding hydrogens is 380 g/mol. The lowest BCUT2D eigenvalue weighted by Crippen LogP contribution is -2.47. The number of fused-ring (bicyclic) bond motifs is 1. The highest BCUT2D eigenvalue weighted by molar-refractivity contribution is 7.17. The van der Waals surface area contributed by atoms with Gasteiger partial charge in [-0.2, -0.15) is 0 Å². The average Bonchev–Trinajstić information content (AvgIpc) is 3.22. The molecule has 1 saturated carbocycles. The van der Waals surface area contributed by atoms with Crippen LogP contribution in [0.15, 0.2) is 29.6 Å². The minimum Gasteiger partial charge on any atom is -0.368 e. The van der Waals surface area contributed by atoms with E-state index < -0.39 is 0 Å². The van der Waals surface area contributed by atoms with Crippen molar-refractivity contribution in [2.75, 3.05) is 51.7 Å². The molecule has 0 unspecified atom stereocenters. The lowest BCUT2D eigenvalue weighted by molar-refractivity contribution is 0.194. The highest BCUT2D eigenvalue weighted by Gasteiger charge is 2.24. The molecule has 29 heavy (non-hydrogen) atoms. The molecule has 0 bridgehead atoms. The Morgan fingerprint density at radius 1 is 1.10 bits per heavy atom. The number of nitrogens with zero attached hydrogens (tertiary/aromatic N) is 3. The molecule has 4 rings (SSSR count). The number of amides is 2. The zero-order valence-corrected chi connectivity index (χ0v) is 18.6. The van der Waals surface area contributed by atoms with E-state index in [9.17, 15) is 4.79 Å². The molecule has 2 aromatic rings. The Bertz CT molecular complexity index is 804. The molecule has 6 heteroatoms. The second-order valence-electron chi connectivity index (χ2n) is 8.79. The van der Waals surface area contributed by atoms with Crippen LogP contribution in [-0.4, -0.2) is 68.7 Å². The van der Waals surface area contributed by atoms with Crippen LogP contribution < -0.4 is 10.2 Å². The summed E-state index contributed by atoms with van der Waals surface area (Å²) < 4.78 is 1.39. The number of benzene rings is 1. The predicted molar refractivity (Wildman–Crippen MR) is 123 cm³/mol. The van der Waals surface area contributed by atoms with Gasteiger partial charge < -0.3 is 15.1 Å². The molecule has 2 amide bonds. The molecule has 1 saturated heterocycles. The van der Waals surface area contributed by atoms with Crippen LogP contribution >= 0.6 is 11.3 Å². The quantitative estimate of drug-likeness (QED) is 0.795. The molecule has 1 N–H and O–H groups in total. The lowest BCUT2D eigenvalue weighted by atomic mass is 9.84. The molecule has 2 aliphatic rings. The summed E-state index contributed by atoms with van der Waals surface area (Å²) in [5, 5.41) is 6.75. The van der Waals surface area contributed by atoms with Crippen LogP contribution in [0.4, 0.5) is 10.5 Å². The van der Waals surface area contributed by atoms with Crippen LogP contribution in [0.25, 0.3) is 10.1 Å². The number of carbonyl (C=O) groups is 1. The first-order valence-electron chi connectivity index (χ1n) is 11.0. The van der Waals surface area contributed by atoms with E-state index in [-0.39, 0.29) is 6.03 Å². The summed E-state index contributed by atoms with van der Waals surface area (Å²) in [6.07, 6.45) is 6.05. The molecule has 1 aromatic heterocycles. The number of thiophene rings is 1. The van der Waals surface area contributed by atoms with Crippen LogP contribution in [-0.2, 0) is 0 Å². The molecule has 0 spiro atoms. The molecule has 1 aliphatic carbocycles. The van der Waals surface area contributed by atoms with Crippen molar-refractivity contribution in [1.29, 1.82) is 0 Å². The zero-order chi connectivity index (χ0) is 20.2. The van der Waals surface area contributed by atoms with Gasteiger partial charge in [-0.1, -0.05) is 6.07 Å². The van der Waals surface area contributed by atoms with Crippen molar-refractivity contribution >= 4 is 33.1 Å². The third-order valence-electron chi connectivity index (χ3n) is 6.62. The summed E-state index contributed by atoms with van der Waals surface area (Å²) in [5.74, 6) is 0.820. The third kappa shape index (κ3) is 5.04. The minimum absolute atomic E-state index is 0.0458. The molecule has 0 atom stereocenters. The zero-order valence-electron chi connectivity index (χ0n) is 17.8.